The molecule has 1 aromatic heterocycles. The van der Waals surface area contributed by atoms with Crippen molar-refractivity contribution >= 4 is 33.3 Å². The fraction of sp³-hybridized carbons (Fsp3) is 0.600. The molecule has 0 radical (unpaired) electrons. The van der Waals surface area contributed by atoms with Gasteiger partial charge in [-0.05, 0) is 103 Å². The van der Waals surface area contributed by atoms with Gasteiger partial charge in [0.15, 0.2) is 6.10 Å². The third kappa shape index (κ3) is 4.58. The minimum absolute atomic E-state index is 0.0110. The molecule has 4 aliphatic rings. The monoisotopic (exact) mass is 591 g/mol. The van der Waals surface area contributed by atoms with Crippen molar-refractivity contribution in [1.82, 2.24) is 5.32 Å². The molecule has 1 aliphatic heterocycles. The predicted molar refractivity (Wildman–Crippen MR) is 166 cm³/mol. The Bertz CT molecular complexity index is 1440. The van der Waals surface area contributed by atoms with E-state index in [9.17, 15) is 19.8 Å². The Morgan fingerprint density at radius 1 is 1.21 bits per heavy atom. The van der Waals surface area contributed by atoms with Crippen LogP contribution < -0.4 is 5.32 Å². The molecule has 0 spiro atoms. The van der Waals surface area contributed by atoms with Gasteiger partial charge in [-0.15, -0.1) is 11.3 Å². The fourth-order valence-electron chi connectivity index (χ4n) is 9.45. The average molecular weight is 592 g/mol. The molecular weight excluding hydrogens is 546 g/mol. The molecule has 3 aliphatic carbocycles. The first-order valence-electron chi connectivity index (χ1n) is 15.6. The van der Waals surface area contributed by atoms with Gasteiger partial charge in [0.05, 0.1) is 6.42 Å². The number of amides is 1. The Morgan fingerprint density at radius 3 is 2.69 bits per heavy atom. The molecule has 2 saturated carbocycles. The molecule has 42 heavy (non-hydrogen) atoms. The van der Waals surface area contributed by atoms with Crippen LogP contribution in [0.15, 0.2) is 53.4 Å². The maximum atomic E-state index is 13.5. The molecule has 226 valence electrons. The summed E-state index contributed by atoms with van der Waals surface area (Å²) in [6.45, 7) is 15.3. The summed E-state index contributed by atoms with van der Waals surface area (Å²) in [6.07, 6.45) is 3.55. The number of aliphatic hydroxyl groups excluding tert-OH is 1. The number of thiophene rings is 1. The Morgan fingerprint density at radius 2 is 1.95 bits per heavy atom. The number of hydrogen-bond donors (Lipinski definition) is 3. The summed E-state index contributed by atoms with van der Waals surface area (Å²) < 4.78 is 6.64. The van der Waals surface area contributed by atoms with Crippen molar-refractivity contribution in [1.29, 1.82) is 0 Å². The summed E-state index contributed by atoms with van der Waals surface area (Å²) in [5.74, 6) is -0.150. The molecule has 1 amide bonds. The molecule has 3 fully saturated rings. The molecule has 10 atom stereocenters. The Balaban J connectivity index is 1.29. The van der Waals surface area contributed by atoms with Crippen LogP contribution in [0.2, 0.25) is 0 Å². The van der Waals surface area contributed by atoms with Crippen LogP contribution in [-0.4, -0.2) is 45.9 Å². The molecule has 6 rings (SSSR count). The van der Waals surface area contributed by atoms with Crippen LogP contribution in [0.25, 0.3) is 10.1 Å². The summed E-state index contributed by atoms with van der Waals surface area (Å²) in [5, 5.41) is 29.9. The molecule has 10 unspecified atom stereocenters. The molecule has 1 saturated heterocycles. The van der Waals surface area contributed by atoms with Crippen LogP contribution >= 0.6 is 11.3 Å². The molecule has 7 heteroatoms. The van der Waals surface area contributed by atoms with Crippen LogP contribution in [0, 0.1) is 40.9 Å². The molecule has 6 nitrogen and oxygen atoms in total. The van der Waals surface area contributed by atoms with Gasteiger partial charge < -0.3 is 20.3 Å². The number of allylic oxidation sites excluding steroid dienone is 2. The Kier molecular flexibility index (Phi) is 7.47. The molecule has 2 heterocycles. The highest BCUT2D eigenvalue weighted by atomic mass is 32.1. The van der Waals surface area contributed by atoms with E-state index in [2.05, 4.69) is 63.2 Å². The zero-order valence-corrected chi connectivity index (χ0v) is 26.2. The number of cyclic esters (lactones) is 1. The lowest BCUT2D eigenvalue weighted by molar-refractivity contribution is -0.209. The van der Waals surface area contributed by atoms with Gasteiger partial charge in [0.1, 0.15) is 11.7 Å². The number of carbonyl (C=O) groups excluding carboxylic acids is 2. The zero-order valence-electron chi connectivity index (χ0n) is 25.4. The molecule has 2 aromatic rings. The smallest absolute Gasteiger partial charge is 0.338 e. The maximum absolute atomic E-state index is 13.5. The molecule has 3 N–H and O–H groups in total. The number of carbonyl (C=O) groups is 2. The number of fused-ring (bicyclic) bond motifs is 4. The first kappa shape index (κ1) is 29.6. The average Bonchev–Trinajstić information content (AvgIpc) is 3.46. The van der Waals surface area contributed by atoms with E-state index >= 15 is 0 Å². The third-order valence-electron chi connectivity index (χ3n) is 11.5. The van der Waals surface area contributed by atoms with E-state index in [-0.39, 0.29) is 35.1 Å². The standard InChI is InChI=1S/C35H45NO5S/c1-18(2)31-27-14-24-20(4)35(40)26(21(5)41-33(39)32(35)38)12-11-19(3)25(24)15-34(27,6)16-28(31)36-30(37)13-22-17-42-29-10-8-7-9-23(22)29/h7-11,17-18,21,24-28,31-32,38,40H,4,12-16H2,1-3,5-6H3,(H,36,37)/b19-11-. The topological polar surface area (TPSA) is 95.9 Å². The lowest BCUT2D eigenvalue weighted by Crippen LogP contribution is -2.63. The second-order valence-electron chi connectivity index (χ2n) is 14.2. The predicted octanol–water partition coefficient (Wildman–Crippen LogP) is 5.81. The van der Waals surface area contributed by atoms with Gasteiger partial charge >= 0.3 is 5.97 Å². The van der Waals surface area contributed by atoms with E-state index in [0.29, 0.717) is 30.3 Å². The minimum Gasteiger partial charge on any atom is -0.460 e. The third-order valence-corrected chi connectivity index (χ3v) is 12.5. The van der Waals surface area contributed by atoms with Gasteiger partial charge in [-0.25, -0.2) is 4.79 Å². The van der Waals surface area contributed by atoms with Crippen molar-refractivity contribution in [3.05, 3.63) is 59.0 Å². The number of hydrogen-bond acceptors (Lipinski definition) is 6. The van der Waals surface area contributed by atoms with Crippen molar-refractivity contribution < 1.29 is 24.5 Å². The second-order valence-corrected chi connectivity index (χ2v) is 15.1. The summed E-state index contributed by atoms with van der Waals surface area (Å²) in [5.41, 5.74) is 1.21. The van der Waals surface area contributed by atoms with Crippen LogP contribution in [-0.2, 0) is 20.7 Å². The fourth-order valence-corrected chi connectivity index (χ4v) is 10.4. The highest BCUT2D eigenvalue weighted by Gasteiger charge is 2.62. The Labute approximate surface area is 253 Å². The summed E-state index contributed by atoms with van der Waals surface area (Å²) >= 11 is 1.68. The Hall–Kier alpha value is -2.48. The van der Waals surface area contributed by atoms with Crippen molar-refractivity contribution in [2.75, 3.05) is 0 Å². The highest BCUT2D eigenvalue weighted by molar-refractivity contribution is 7.17. The van der Waals surface area contributed by atoms with Gasteiger partial charge in [-0.2, -0.15) is 0 Å². The first-order chi connectivity index (χ1) is 19.8. The van der Waals surface area contributed by atoms with E-state index in [1.54, 1.807) is 18.3 Å². The number of rotatable bonds is 4. The van der Waals surface area contributed by atoms with Crippen LogP contribution in [0.3, 0.4) is 0 Å². The lowest BCUT2D eigenvalue weighted by atomic mass is 9.53. The van der Waals surface area contributed by atoms with Crippen molar-refractivity contribution in [3.8, 4) is 0 Å². The van der Waals surface area contributed by atoms with E-state index in [0.717, 1.165) is 30.2 Å². The lowest BCUT2D eigenvalue weighted by Gasteiger charge is -2.54. The summed E-state index contributed by atoms with van der Waals surface area (Å²) in [6, 6.07) is 8.31. The van der Waals surface area contributed by atoms with Gasteiger partial charge in [0.25, 0.3) is 0 Å². The molecular formula is C35H45NO5S. The zero-order chi connectivity index (χ0) is 30.1. The molecule has 0 bridgehead atoms. The SMILES string of the molecule is C=C1C2CC3C(C(C)C)C(NC(=O)Cc4csc5ccccc45)CC3(C)CC2/C(C)=C\CC2C(C)OC(=O)C(O)C12O. The number of benzene rings is 1. The van der Waals surface area contributed by atoms with Gasteiger partial charge in [-0.3, -0.25) is 4.79 Å². The van der Waals surface area contributed by atoms with Crippen LogP contribution in [0.1, 0.15) is 65.9 Å². The normalized spacial score (nSPS) is 41.2. The summed E-state index contributed by atoms with van der Waals surface area (Å²) in [7, 11) is 0. The van der Waals surface area contributed by atoms with Crippen LogP contribution in [0.4, 0.5) is 0 Å². The number of nitrogens with one attached hydrogen (secondary N) is 1. The number of ether oxygens (including phenoxy) is 1. The summed E-state index contributed by atoms with van der Waals surface area (Å²) in [4.78, 5) is 26.1. The van der Waals surface area contributed by atoms with Gasteiger partial charge in [-0.1, -0.05) is 57.2 Å². The quantitative estimate of drug-likeness (QED) is 0.308. The van der Waals surface area contributed by atoms with Gasteiger partial charge in [0.2, 0.25) is 5.91 Å². The number of esters is 1. The van der Waals surface area contributed by atoms with E-state index in [4.69, 9.17) is 4.74 Å². The van der Waals surface area contributed by atoms with Crippen molar-refractivity contribution in [3.63, 3.8) is 0 Å². The van der Waals surface area contributed by atoms with Crippen molar-refractivity contribution in [2.45, 2.75) is 90.6 Å². The molecule has 1 aromatic carbocycles. The van der Waals surface area contributed by atoms with E-state index in [1.807, 2.05) is 12.1 Å². The van der Waals surface area contributed by atoms with Gasteiger partial charge in [0, 0.05) is 16.7 Å². The first-order valence-corrected chi connectivity index (χ1v) is 16.4. The second kappa shape index (κ2) is 10.6. The van der Waals surface area contributed by atoms with Crippen LogP contribution in [0.5, 0.6) is 0 Å². The highest BCUT2D eigenvalue weighted by Crippen LogP contribution is 2.63. The van der Waals surface area contributed by atoms with E-state index in [1.165, 1.54) is 10.3 Å². The largest absolute Gasteiger partial charge is 0.460 e. The minimum atomic E-state index is -1.73. The van der Waals surface area contributed by atoms with E-state index < -0.39 is 29.7 Å². The number of aliphatic hydroxyl groups is 2. The van der Waals surface area contributed by atoms with Crippen molar-refractivity contribution in [2.24, 2.45) is 40.9 Å². The maximum Gasteiger partial charge on any atom is 0.338 e.